The SMILES string of the molecule is CC(NC(=O)C1CCN(C(=O)Cc2ccc(F)cc2)CC1)c1ccccc1. The van der Waals surface area contributed by atoms with Gasteiger partial charge in [0, 0.05) is 19.0 Å². The average Bonchev–Trinajstić information content (AvgIpc) is 2.70. The first kappa shape index (κ1) is 19.1. The first-order valence-corrected chi connectivity index (χ1v) is 9.40. The highest BCUT2D eigenvalue weighted by molar-refractivity contribution is 5.81. The fraction of sp³-hybridized carbons (Fsp3) is 0.364. The first-order chi connectivity index (χ1) is 13.0. The lowest BCUT2D eigenvalue weighted by Crippen LogP contribution is -2.43. The predicted molar refractivity (Wildman–Crippen MR) is 102 cm³/mol. The zero-order chi connectivity index (χ0) is 19.2. The summed E-state index contributed by atoms with van der Waals surface area (Å²) in [5.74, 6) is -0.288. The molecule has 2 amide bonds. The molecule has 0 aliphatic carbocycles. The van der Waals surface area contributed by atoms with E-state index in [1.54, 1.807) is 17.0 Å². The molecule has 1 N–H and O–H groups in total. The third kappa shape index (κ3) is 5.16. The minimum absolute atomic E-state index is 0.0260. The minimum atomic E-state index is -0.303. The van der Waals surface area contributed by atoms with Crippen LogP contribution in [0.25, 0.3) is 0 Å². The third-order valence-corrected chi connectivity index (χ3v) is 5.15. The van der Waals surface area contributed by atoms with E-state index in [0.29, 0.717) is 25.9 Å². The van der Waals surface area contributed by atoms with Crippen molar-refractivity contribution in [1.82, 2.24) is 10.2 Å². The maximum atomic E-state index is 13.0. The topological polar surface area (TPSA) is 49.4 Å². The average molecular weight is 368 g/mol. The third-order valence-electron chi connectivity index (χ3n) is 5.15. The van der Waals surface area contributed by atoms with Crippen molar-refractivity contribution in [2.24, 2.45) is 5.92 Å². The highest BCUT2D eigenvalue weighted by Gasteiger charge is 2.28. The molecule has 0 bridgehead atoms. The van der Waals surface area contributed by atoms with Crippen LogP contribution in [-0.2, 0) is 16.0 Å². The normalized spacial score (nSPS) is 16.0. The maximum absolute atomic E-state index is 13.0. The van der Waals surface area contributed by atoms with Crippen molar-refractivity contribution >= 4 is 11.8 Å². The van der Waals surface area contributed by atoms with Crippen molar-refractivity contribution < 1.29 is 14.0 Å². The Kier molecular flexibility index (Phi) is 6.22. The molecule has 5 heteroatoms. The highest BCUT2D eigenvalue weighted by Crippen LogP contribution is 2.20. The van der Waals surface area contributed by atoms with Crippen molar-refractivity contribution in [3.05, 3.63) is 71.5 Å². The number of hydrogen-bond acceptors (Lipinski definition) is 2. The van der Waals surface area contributed by atoms with Crippen molar-refractivity contribution in [2.75, 3.05) is 13.1 Å². The van der Waals surface area contributed by atoms with Gasteiger partial charge in [0.05, 0.1) is 12.5 Å². The lowest BCUT2D eigenvalue weighted by atomic mass is 9.94. The van der Waals surface area contributed by atoms with E-state index < -0.39 is 0 Å². The number of carbonyl (C=O) groups excluding carboxylic acids is 2. The van der Waals surface area contributed by atoms with Gasteiger partial charge in [0.25, 0.3) is 0 Å². The molecule has 2 aromatic rings. The number of nitrogens with zero attached hydrogens (tertiary/aromatic N) is 1. The van der Waals surface area contributed by atoms with Crippen LogP contribution in [0.4, 0.5) is 4.39 Å². The van der Waals surface area contributed by atoms with E-state index >= 15 is 0 Å². The Morgan fingerprint density at radius 3 is 2.33 bits per heavy atom. The second kappa shape index (κ2) is 8.80. The van der Waals surface area contributed by atoms with Gasteiger partial charge in [-0.3, -0.25) is 9.59 Å². The molecule has 0 spiro atoms. The molecule has 1 heterocycles. The summed E-state index contributed by atoms with van der Waals surface area (Å²) in [4.78, 5) is 26.8. The second-order valence-electron chi connectivity index (χ2n) is 7.10. The highest BCUT2D eigenvalue weighted by atomic mass is 19.1. The van der Waals surface area contributed by atoms with Gasteiger partial charge in [-0.2, -0.15) is 0 Å². The van der Waals surface area contributed by atoms with Crippen LogP contribution >= 0.6 is 0 Å². The maximum Gasteiger partial charge on any atom is 0.226 e. The second-order valence-corrected chi connectivity index (χ2v) is 7.10. The Bertz CT molecular complexity index is 769. The number of hydrogen-bond donors (Lipinski definition) is 1. The zero-order valence-electron chi connectivity index (χ0n) is 15.5. The number of rotatable bonds is 5. The summed E-state index contributed by atoms with van der Waals surface area (Å²) >= 11 is 0. The smallest absolute Gasteiger partial charge is 0.226 e. The van der Waals surface area contributed by atoms with E-state index in [-0.39, 0.29) is 36.0 Å². The summed E-state index contributed by atoms with van der Waals surface area (Å²) in [7, 11) is 0. The van der Waals surface area contributed by atoms with Crippen LogP contribution in [0, 0.1) is 11.7 Å². The standard InChI is InChI=1S/C22H25FN2O2/c1-16(18-5-3-2-4-6-18)24-22(27)19-11-13-25(14-12-19)21(26)15-17-7-9-20(23)10-8-17/h2-10,16,19H,11-15H2,1H3,(H,24,27). The molecule has 4 nitrogen and oxygen atoms in total. The Hall–Kier alpha value is -2.69. The molecule has 0 saturated carbocycles. The van der Waals surface area contributed by atoms with Crippen LogP contribution in [0.3, 0.4) is 0 Å². The Balaban J connectivity index is 1.47. The monoisotopic (exact) mass is 368 g/mol. The van der Waals surface area contributed by atoms with Crippen molar-refractivity contribution in [1.29, 1.82) is 0 Å². The number of carbonyl (C=O) groups is 2. The molecule has 1 saturated heterocycles. The molecule has 1 aliphatic rings. The lowest BCUT2D eigenvalue weighted by molar-refractivity contribution is -0.135. The van der Waals surface area contributed by atoms with E-state index in [9.17, 15) is 14.0 Å². The van der Waals surface area contributed by atoms with E-state index in [0.717, 1.165) is 11.1 Å². The van der Waals surface area contributed by atoms with Crippen LogP contribution in [0.15, 0.2) is 54.6 Å². The molecule has 2 aromatic carbocycles. The molecule has 1 unspecified atom stereocenters. The van der Waals surface area contributed by atoms with Gasteiger partial charge in [-0.05, 0) is 43.0 Å². The van der Waals surface area contributed by atoms with Gasteiger partial charge in [-0.25, -0.2) is 4.39 Å². The molecular formula is C22H25FN2O2. The zero-order valence-corrected chi connectivity index (χ0v) is 15.5. The van der Waals surface area contributed by atoms with E-state index in [1.165, 1.54) is 12.1 Å². The van der Waals surface area contributed by atoms with Crippen molar-refractivity contribution in [2.45, 2.75) is 32.2 Å². The molecule has 142 valence electrons. The Morgan fingerprint density at radius 2 is 1.70 bits per heavy atom. The summed E-state index contributed by atoms with van der Waals surface area (Å²) in [5.41, 5.74) is 1.88. The Labute approximate surface area is 159 Å². The predicted octanol–water partition coefficient (Wildman–Crippen LogP) is 3.48. The number of piperidine rings is 1. The number of benzene rings is 2. The van der Waals surface area contributed by atoms with E-state index in [1.807, 2.05) is 37.3 Å². The summed E-state index contributed by atoms with van der Waals surface area (Å²) in [5, 5.41) is 3.08. The van der Waals surface area contributed by atoms with Crippen LogP contribution < -0.4 is 5.32 Å². The fourth-order valence-corrected chi connectivity index (χ4v) is 3.44. The summed E-state index contributed by atoms with van der Waals surface area (Å²) < 4.78 is 13.0. The minimum Gasteiger partial charge on any atom is -0.349 e. The molecule has 1 fully saturated rings. The van der Waals surface area contributed by atoms with Crippen molar-refractivity contribution in [3.8, 4) is 0 Å². The largest absolute Gasteiger partial charge is 0.349 e. The summed E-state index contributed by atoms with van der Waals surface area (Å²) in [6, 6.07) is 15.9. The van der Waals surface area contributed by atoms with Crippen LogP contribution in [-0.4, -0.2) is 29.8 Å². The van der Waals surface area contributed by atoms with Gasteiger partial charge < -0.3 is 10.2 Å². The number of amides is 2. The first-order valence-electron chi connectivity index (χ1n) is 9.40. The molecule has 1 atom stereocenters. The number of nitrogens with one attached hydrogen (secondary N) is 1. The van der Waals surface area contributed by atoms with Gasteiger partial charge in [0.1, 0.15) is 5.82 Å². The van der Waals surface area contributed by atoms with Gasteiger partial charge in [-0.1, -0.05) is 42.5 Å². The van der Waals surface area contributed by atoms with Gasteiger partial charge >= 0.3 is 0 Å². The summed E-state index contributed by atoms with van der Waals surface area (Å²) in [6.07, 6.45) is 1.60. The van der Waals surface area contributed by atoms with Crippen LogP contribution in [0.1, 0.15) is 36.9 Å². The quantitative estimate of drug-likeness (QED) is 0.878. The number of halogens is 1. The van der Waals surface area contributed by atoms with Gasteiger partial charge in [0.15, 0.2) is 0 Å². The molecule has 3 rings (SSSR count). The summed E-state index contributed by atoms with van der Waals surface area (Å²) in [6.45, 7) is 3.14. The lowest BCUT2D eigenvalue weighted by Gasteiger charge is -2.32. The number of likely N-dealkylation sites (tertiary alicyclic amines) is 1. The molecule has 1 aliphatic heterocycles. The van der Waals surface area contributed by atoms with Crippen LogP contribution in [0.5, 0.6) is 0 Å². The van der Waals surface area contributed by atoms with E-state index in [2.05, 4.69) is 5.32 Å². The molecule has 0 aromatic heterocycles. The molecule has 0 radical (unpaired) electrons. The van der Waals surface area contributed by atoms with E-state index in [4.69, 9.17) is 0 Å². The van der Waals surface area contributed by atoms with Gasteiger partial charge in [0.2, 0.25) is 11.8 Å². The molecule has 27 heavy (non-hydrogen) atoms. The fourth-order valence-electron chi connectivity index (χ4n) is 3.44. The molecular weight excluding hydrogens is 343 g/mol. The van der Waals surface area contributed by atoms with Crippen LogP contribution in [0.2, 0.25) is 0 Å². The van der Waals surface area contributed by atoms with Gasteiger partial charge in [-0.15, -0.1) is 0 Å². The Morgan fingerprint density at radius 1 is 1.07 bits per heavy atom. The van der Waals surface area contributed by atoms with Crippen molar-refractivity contribution in [3.63, 3.8) is 0 Å².